The van der Waals surface area contributed by atoms with E-state index >= 15 is 0 Å². The lowest BCUT2D eigenvalue weighted by Crippen LogP contribution is -2.29. The molecule has 65 heavy (non-hydrogen) atoms. The van der Waals surface area contributed by atoms with Crippen molar-refractivity contribution in [2.24, 2.45) is 0 Å². The van der Waals surface area contributed by atoms with Crippen molar-refractivity contribution in [1.29, 1.82) is 0 Å². The molecule has 2 aliphatic heterocycles. The first kappa shape index (κ1) is 50.6. The molecule has 0 saturated carbocycles. The Kier molecular flexibility index (Phi) is 17.0. The first-order valence-electron chi connectivity index (χ1n) is 21.9. The van der Waals surface area contributed by atoms with Gasteiger partial charge >= 0.3 is 11.9 Å². The molecule has 0 unspecified atom stereocenters. The van der Waals surface area contributed by atoms with Gasteiger partial charge in [-0.2, -0.15) is 13.8 Å². The van der Waals surface area contributed by atoms with E-state index in [1.54, 1.807) is 18.7 Å². The van der Waals surface area contributed by atoms with Crippen molar-refractivity contribution in [2.45, 2.75) is 136 Å². The molecule has 4 heterocycles. The predicted molar refractivity (Wildman–Crippen MR) is 244 cm³/mol. The minimum atomic E-state index is -1.10. The average molecular weight is 926 g/mol. The second-order valence-corrected chi connectivity index (χ2v) is 19.5. The molecule has 17 heteroatoms. The van der Waals surface area contributed by atoms with Crippen molar-refractivity contribution in [3.63, 3.8) is 0 Å². The molecular formula is C48H63ClF2N6O8. The van der Waals surface area contributed by atoms with Gasteiger partial charge in [0.15, 0.2) is 16.8 Å². The Bertz CT molecular complexity index is 2200. The summed E-state index contributed by atoms with van der Waals surface area (Å²) in [7, 11) is 0. The van der Waals surface area contributed by atoms with E-state index in [4.69, 9.17) is 35.3 Å². The molecule has 1 N–H and O–H groups in total. The van der Waals surface area contributed by atoms with E-state index in [-0.39, 0.29) is 65.3 Å². The molecule has 4 atom stereocenters. The molecule has 354 valence electrons. The third-order valence-corrected chi connectivity index (χ3v) is 10.5. The van der Waals surface area contributed by atoms with Crippen LogP contribution in [0.2, 0.25) is 5.15 Å². The Hall–Kier alpha value is -5.35. The van der Waals surface area contributed by atoms with Crippen LogP contribution in [-0.4, -0.2) is 98.8 Å². The number of aromatic nitrogens is 4. The van der Waals surface area contributed by atoms with Crippen molar-refractivity contribution >= 4 is 35.2 Å². The number of hydrogen-bond donors (Lipinski definition) is 1. The number of esters is 2. The van der Waals surface area contributed by atoms with Gasteiger partial charge in [0, 0.05) is 25.9 Å². The largest absolute Gasteiger partial charge is 0.489 e. The third-order valence-electron chi connectivity index (χ3n) is 10.2. The summed E-state index contributed by atoms with van der Waals surface area (Å²) in [5, 5.41) is 9.63. The molecule has 0 amide bonds. The molecule has 6 rings (SSSR count). The Morgan fingerprint density at radius 1 is 0.692 bits per heavy atom. The standard InChI is InChI=1S/C26H36FN3O5.C22H27ClFN3O3/c1-17(13-21(31)35-25(2,3)4)18-7-9-19(10-8-18)34-20-11-12-30(14-20)23-22(27)24(29-16-28-23)33-15-26(5,6)32;1-14(11-18(28)30-22(2,3)4)15-5-7-16(8-6-15)29-17-9-10-27(12-17)21-19(24)20(23)25-13-26-21/h7-10,16-17,20,32H,11-15H2,1-6H3;5-8,13-14,17H,9-12H2,1-4H3/t17-,20-;14-,17-/m11/s1. The van der Waals surface area contributed by atoms with E-state index in [0.717, 1.165) is 23.3 Å². The van der Waals surface area contributed by atoms with Crippen molar-refractivity contribution in [1.82, 2.24) is 19.9 Å². The quantitative estimate of drug-likeness (QED) is 0.0889. The zero-order chi connectivity index (χ0) is 47.7. The van der Waals surface area contributed by atoms with Crippen LogP contribution in [0.25, 0.3) is 0 Å². The van der Waals surface area contributed by atoms with Crippen LogP contribution >= 0.6 is 11.6 Å². The number of anilines is 2. The highest BCUT2D eigenvalue weighted by Gasteiger charge is 2.31. The molecule has 2 aromatic heterocycles. The van der Waals surface area contributed by atoms with Gasteiger partial charge in [-0.05, 0) is 103 Å². The number of carbonyl (C=O) groups excluding carboxylic acids is 2. The van der Waals surface area contributed by atoms with E-state index in [9.17, 15) is 23.5 Å². The normalized spacial score (nSPS) is 17.4. The fourth-order valence-corrected chi connectivity index (χ4v) is 7.27. The lowest BCUT2D eigenvalue weighted by atomic mass is 9.98. The highest BCUT2D eigenvalue weighted by molar-refractivity contribution is 6.29. The summed E-state index contributed by atoms with van der Waals surface area (Å²) >= 11 is 5.75. The summed E-state index contributed by atoms with van der Waals surface area (Å²) in [6, 6.07) is 15.4. The molecule has 0 spiro atoms. The molecule has 14 nitrogen and oxygen atoms in total. The number of nitrogens with zero attached hydrogens (tertiary/aromatic N) is 6. The van der Waals surface area contributed by atoms with Gasteiger partial charge < -0.3 is 38.6 Å². The van der Waals surface area contributed by atoms with Crippen LogP contribution in [0.15, 0.2) is 61.2 Å². The molecule has 0 aliphatic carbocycles. The third kappa shape index (κ3) is 15.9. The second kappa shape index (κ2) is 21.8. The van der Waals surface area contributed by atoms with Gasteiger partial charge in [0.1, 0.15) is 54.2 Å². The summed E-state index contributed by atoms with van der Waals surface area (Å²) < 4.78 is 57.3. The van der Waals surface area contributed by atoms with Crippen molar-refractivity contribution in [3.05, 3.63) is 89.1 Å². The topological polar surface area (TPSA) is 159 Å². The Morgan fingerprint density at radius 2 is 1.11 bits per heavy atom. The van der Waals surface area contributed by atoms with Crippen LogP contribution in [0.3, 0.4) is 0 Å². The predicted octanol–water partition coefficient (Wildman–Crippen LogP) is 9.02. The Labute approximate surface area is 386 Å². The highest BCUT2D eigenvalue weighted by Crippen LogP contribution is 2.31. The van der Waals surface area contributed by atoms with Crippen LogP contribution in [-0.2, 0) is 19.1 Å². The first-order chi connectivity index (χ1) is 30.4. The van der Waals surface area contributed by atoms with E-state index in [1.165, 1.54) is 12.7 Å². The lowest BCUT2D eigenvalue weighted by molar-refractivity contribution is -0.156. The summed E-state index contributed by atoms with van der Waals surface area (Å²) in [5.41, 5.74) is -0.0166. The van der Waals surface area contributed by atoms with E-state index in [1.807, 2.05) is 109 Å². The van der Waals surface area contributed by atoms with Crippen LogP contribution in [0.5, 0.6) is 17.4 Å². The van der Waals surface area contributed by atoms with Crippen molar-refractivity contribution in [2.75, 3.05) is 42.6 Å². The lowest BCUT2D eigenvalue weighted by Gasteiger charge is -2.21. The monoisotopic (exact) mass is 924 g/mol. The highest BCUT2D eigenvalue weighted by atomic mass is 35.5. The summed E-state index contributed by atoms with van der Waals surface area (Å²) in [4.78, 5) is 43.3. The van der Waals surface area contributed by atoms with Gasteiger partial charge in [0.25, 0.3) is 5.88 Å². The molecule has 2 aromatic carbocycles. The van der Waals surface area contributed by atoms with Gasteiger partial charge in [0.05, 0.1) is 31.5 Å². The molecular weight excluding hydrogens is 862 g/mol. The fourth-order valence-electron chi connectivity index (χ4n) is 7.14. The second-order valence-electron chi connectivity index (χ2n) is 19.2. The van der Waals surface area contributed by atoms with E-state index in [0.29, 0.717) is 51.2 Å². The number of rotatable bonds is 15. The van der Waals surface area contributed by atoms with Gasteiger partial charge in [0.2, 0.25) is 11.6 Å². The molecule has 0 bridgehead atoms. The van der Waals surface area contributed by atoms with Crippen molar-refractivity contribution < 1.29 is 47.2 Å². The fraction of sp³-hybridized carbons (Fsp3) is 0.542. The zero-order valence-corrected chi connectivity index (χ0v) is 39.8. The Morgan fingerprint density at radius 3 is 1.52 bits per heavy atom. The number of halogens is 3. The molecule has 2 aliphatic rings. The summed E-state index contributed by atoms with van der Waals surface area (Å²) in [6.45, 7) is 20.4. The van der Waals surface area contributed by atoms with Gasteiger partial charge in [-0.25, -0.2) is 15.0 Å². The maximum absolute atomic E-state index is 14.9. The van der Waals surface area contributed by atoms with Gasteiger partial charge in [-0.3, -0.25) is 9.59 Å². The smallest absolute Gasteiger partial charge is 0.306 e. The number of ether oxygens (including phenoxy) is 5. The SMILES string of the molecule is C[C@H](CC(=O)OC(C)(C)C)c1ccc(O[C@@H]2CCN(c3ncnc(Cl)c3F)C2)cc1.C[C@H](CC(=O)OC(C)(C)C)c1ccc(O[C@@H]2CCN(c3ncnc(OCC(C)(C)O)c3F)C2)cc1. The minimum Gasteiger partial charge on any atom is -0.489 e. The maximum atomic E-state index is 14.9. The molecule has 2 saturated heterocycles. The molecule has 0 radical (unpaired) electrons. The van der Waals surface area contributed by atoms with E-state index in [2.05, 4.69) is 19.9 Å². The maximum Gasteiger partial charge on any atom is 0.306 e. The van der Waals surface area contributed by atoms with Gasteiger partial charge in [-0.15, -0.1) is 0 Å². The summed E-state index contributed by atoms with van der Waals surface area (Å²) in [6.07, 6.45) is 4.38. The van der Waals surface area contributed by atoms with Crippen LogP contribution in [0.1, 0.15) is 118 Å². The van der Waals surface area contributed by atoms with E-state index < -0.39 is 28.4 Å². The van der Waals surface area contributed by atoms with Crippen LogP contribution in [0, 0.1) is 11.6 Å². The number of aliphatic hydroxyl groups is 1. The van der Waals surface area contributed by atoms with Crippen LogP contribution < -0.4 is 24.0 Å². The first-order valence-corrected chi connectivity index (χ1v) is 22.3. The number of benzene rings is 2. The van der Waals surface area contributed by atoms with Crippen LogP contribution in [0.4, 0.5) is 20.4 Å². The molecule has 4 aromatic rings. The summed E-state index contributed by atoms with van der Waals surface area (Å²) in [5.74, 6) is -0.00750. The molecule has 2 fully saturated rings. The minimum absolute atomic E-state index is 0.0226. The van der Waals surface area contributed by atoms with Gasteiger partial charge in [-0.1, -0.05) is 49.7 Å². The average Bonchev–Trinajstić information content (AvgIpc) is 3.87. The van der Waals surface area contributed by atoms with Crippen molar-refractivity contribution in [3.8, 4) is 17.4 Å². The number of carbonyl (C=O) groups is 2. The zero-order valence-electron chi connectivity index (χ0n) is 39.1. The Balaban J connectivity index is 0.000000247. The number of hydrogen-bond acceptors (Lipinski definition) is 14.